The Morgan fingerprint density at radius 1 is 0.641 bits per heavy atom. The van der Waals surface area contributed by atoms with Crippen molar-refractivity contribution in [3.8, 4) is 34.3 Å². The van der Waals surface area contributed by atoms with E-state index in [9.17, 15) is 30.4 Å². The van der Waals surface area contributed by atoms with Crippen LogP contribution in [0.1, 0.15) is 0 Å². The largest absolute Gasteiger partial charge is 0.618 e. The van der Waals surface area contributed by atoms with Gasteiger partial charge in [0.05, 0.1) is 14.2 Å². The second-order valence-electron chi connectivity index (χ2n) is 8.12. The Morgan fingerprint density at radius 2 is 1.00 bits per heavy atom. The van der Waals surface area contributed by atoms with E-state index in [1.807, 2.05) is 0 Å². The topological polar surface area (TPSA) is 157 Å². The van der Waals surface area contributed by atoms with Crippen molar-refractivity contribution in [2.75, 3.05) is 14.2 Å². The predicted octanol–water partition coefficient (Wildman–Crippen LogP) is 1.97. The van der Waals surface area contributed by atoms with Crippen molar-refractivity contribution in [2.45, 2.75) is 0 Å². The zero-order valence-electron chi connectivity index (χ0n) is 20.4. The zero-order chi connectivity index (χ0) is 27.1. The number of hydrogen-bond acceptors (Lipinski definition) is 8. The molecule has 0 fully saturated rings. The van der Waals surface area contributed by atoms with E-state index in [-0.39, 0.29) is 61.9 Å². The van der Waals surface area contributed by atoms with Crippen LogP contribution in [-0.4, -0.2) is 34.1 Å². The van der Waals surface area contributed by atoms with Crippen molar-refractivity contribution in [3.63, 3.8) is 0 Å². The molecule has 2 aromatic carbocycles. The minimum Gasteiger partial charge on any atom is -0.618 e. The number of hydrogen-bond donors (Lipinski definition) is 2. The Kier molecular flexibility index (Phi) is 7.21. The van der Waals surface area contributed by atoms with Gasteiger partial charge < -0.3 is 30.3 Å². The first-order chi connectivity index (χ1) is 18.3. The van der Waals surface area contributed by atoms with Crippen LogP contribution in [0.2, 0.25) is 0 Å². The third kappa shape index (κ3) is 4.19. The molecule has 2 heterocycles. The van der Waals surface area contributed by atoms with Crippen LogP contribution in [0.15, 0.2) is 82.4 Å². The number of benzene rings is 4. The molecule has 2 aromatic rings. The fourth-order valence-corrected chi connectivity index (χ4v) is 4.36. The molecule has 0 atom stereocenters. The van der Waals surface area contributed by atoms with E-state index in [0.717, 1.165) is 9.46 Å². The first-order valence-corrected chi connectivity index (χ1v) is 11.2. The SMILES string of the molecule is COc1cccc2c1n(O)c1cccc(=O)c-1[n+]2[O-].COc1cccc2c1n(O)c1cccc(=O)c-1[n+]2[O-].[Cu]. The molecular weight excluding hydrogens is 560 g/mol. The molecule has 0 amide bonds. The van der Waals surface area contributed by atoms with Gasteiger partial charge in [-0.1, -0.05) is 24.3 Å². The van der Waals surface area contributed by atoms with Crippen LogP contribution in [0.5, 0.6) is 11.5 Å². The summed E-state index contributed by atoms with van der Waals surface area (Å²) in [6.45, 7) is 0. The second kappa shape index (κ2) is 10.4. The fraction of sp³-hybridized carbons (Fsp3) is 0.0769. The van der Waals surface area contributed by atoms with Gasteiger partial charge in [-0.3, -0.25) is 9.59 Å². The minimum atomic E-state index is -0.444. The van der Waals surface area contributed by atoms with Gasteiger partial charge in [-0.15, -0.1) is 0 Å². The number of ether oxygens (including phenoxy) is 2. The molecule has 13 heteroatoms. The maximum Gasteiger partial charge on any atom is 0.292 e. The number of methoxy groups -OCH3 is 2. The summed E-state index contributed by atoms with van der Waals surface area (Å²) in [4.78, 5) is 23.5. The normalized spacial score (nSPS) is 10.7. The van der Waals surface area contributed by atoms with Crippen molar-refractivity contribution in [1.29, 1.82) is 0 Å². The molecule has 4 aliphatic rings. The third-order valence-electron chi connectivity index (χ3n) is 6.07. The standard InChI is InChI=1S/2C13H10N2O4.Cu/c2*1-19-11-7-3-5-9-13(11)15(18)8-4-2-6-10(16)12(8)14(9)17;/h2*2-7,18H,1H3;. The number of para-hydroxylation sites is 4. The van der Waals surface area contributed by atoms with Crippen molar-refractivity contribution in [3.05, 3.63) is 104 Å². The maximum absolute atomic E-state index is 12.3. The molecule has 39 heavy (non-hydrogen) atoms. The van der Waals surface area contributed by atoms with Crippen molar-refractivity contribution < 1.29 is 46.4 Å². The number of aromatic nitrogens is 4. The van der Waals surface area contributed by atoms with Crippen LogP contribution in [0, 0.1) is 10.4 Å². The van der Waals surface area contributed by atoms with Crippen molar-refractivity contribution in [1.82, 2.24) is 9.46 Å². The molecule has 12 nitrogen and oxygen atoms in total. The van der Waals surface area contributed by atoms with Crippen LogP contribution < -0.4 is 29.8 Å². The minimum absolute atomic E-state index is 0. The Bertz CT molecular complexity index is 1760. The second-order valence-corrected chi connectivity index (χ2v) is 8.12. The van der Waals surface area contributed by atoms with E-state index in [2.05, 4.69) is 0 Å². The molecule has 0 saturated carbocycles. The Balaban J connectivity index is 0.000000176. The maximum atomic E-state index is 12.3. The summed E-state index contributed by atoms with van der Waals surface area (Å²) in [6, 6.07) is 18.1. The molecule has 0 saturated heterocycles. The summed E-state index contributed by atoms with van der Waals surface area (Å²) in [5.41, 5.74) is -0.0537. The van der Waals surface area contributed by atoms with E-state index >= 15 is 0 Å². The summed E-state index contributed by atoms with van der Waals surface area (Å²) in [6.07, 6.45) is 0. The summed E-state index contributed by atoms with van der Waals surface area (Å²) in [7, 11) is 2.89. The summed E-state index contributed by atoms with van der Waals surface area (Å²) in [5, 5.41) is 45.0. The quantitative estimate of drug-likeness (QED) is 0.104. The summed E-state index contributed by atoms with van der Waals surface area (Å²) < 4.78 is 12.9. The molecule has 0 unspecified atom stereocenters. The first kappa shape index (κ1) is 27.0. The predicted molar refractivity (Wildman–Crippen MR) is 135 cm³/mol. The van der Waals surface area contributed by atoms with Gasteiger partial charge in [0, 0.05) is 29.2 Å². The summed E-state index contributed by atoms with van der Waals surface area (Å²) >= 11 is 0. The van der Waals surface area contributed by atoms with Crippen LogP contribution in [0.4, 0.5) is 0 Å². The van der Waals surface area contributed by atoms with Gasteiger partial charge in [-0.2, -0.15) is 18.9 Å². The third-order valence-corrected chi connectivity index (χ3v) is 6.07. The van der Waals surface area contributed by atoms with Gasteiger partial charge >= 0.3 is 0 Å². The van der Waals surface area contributed by atoms with E-state index in [1.54, 1.807) is 24.3 Å². The smallest absolute Gasteiger partial charge is 0.292 e. The van der Waals surface area contributed by atoms with E-state index in [0.29, 0.717) is 21.0 Å². The fourth-order valence-electron chi connectivity index (χ4n) is 4.36. The molecule has 203 valence electrons. The Hall–Kier alpha value is -5.00. The number of fused-ring (bicyclic) bond motifs is 4. The molecular formula is C26H20CuN4O8. The molecule has 0 aromatic heterocycles. The van der Waals surface area contributed by atoms with Crippen LogP contribution in [-0.2, 0) is 17.1 Å². The molecule has 2 aliphatic carbocycles. The molecule has 0 spiro atoms. The average molecular weight is 580 g/mol. The number of rotatable bonds is 2. The van der Waals surface area contributed by atoms with Gasteiger partial charge in [0.1, 0.15) is 0 Å². The molecule has 2 aliphatic heterocycles. The molecule has 1 radical (unpaired) electrons. The van der Waals surface area contributed by atoms with Crippen molar-refractivity contribution >= 4 is 22.1 Å². The van der Waals surface area contributed by atoms with E-state index in [1.165, 1.54) is 62.8 Å². The summed E-state index contributed by atoms with van der Waals surface area (Å²) in [5.74, 6) is 0.700. The molecule has 2 N–H and O–H groups in total. The zero-order valence-corrected chi connectivity index (χ0v) is 21.3. The monoisotopic (exact) mass is 579 g/mol. The van der Waals surface area contributed by atoms with Crippen LogP contribution in [0.25, 0.3) is 44.8 Å². The first-order valence-electron chi connectivity index (χ1n) is 11.2. The molecule has 0 bridgehead atoms. The van der Waals surface area contributed by atoms with Gasteiger partial charge in [0.2, 0.25) is 11.0 Å². The van der Waals surface area contributed by atoms with Gasteiger partial charge in [-0.05, 0) is 36.4 Å². The Morgan fingerprint density at radius 3 is 1.36 bits per heavy atom. The van der Waals surface area contributed by atoms with E-state index < -0.39 is 10.9 Å². The average Bonchev–Trinajstić information content (AvgIpc) is 2.93. The van der Waals surface area contributed by atoms with Gasteiger partial charge in [0.15, 0.2) is 33.9 Å². The van der Waals surface area contributed by atoms with E-state index in [4.69, 9.17) is 9.47 Å². The van der Waals surface area contributed by atoms with Crippen molar-refractivity contribution in [2.24, 2.45) is 0 Å². The molecule has 6 rings (SSSR count). The Labute approximate surface area is 230 Å². The van der Waals surface area contributed by atoms with Crippen LogP contribution in [0.3, 0.4) is 0 Å². The van der Waals surface area contributed by atoms with Gasteiger partial charge in [0.25, 0.3) is 22.2 Å². The number of nitrogens with zero attached hydrogens (tertiary/aromatic N) is 4. The van der Waals surface area contributed by atoms with Crippen LogP contribution >= 0.6 is 0 Å². The van der Waals surface area contributed by atoms with Gasteiger partial charge in [-0.25, -0.2) is 0 Å².